The van der Waals surface area contributed by atoms with Gasteiger partial charge in [-0.1, -0.05) is 35.5 Å². The second kappa shape index (κ2) is 7.04. The van der Waals surface area contributed by atoms with Gasteiger partial charge < -0.3 is 14.7 Å². The summed E-state index contributed by atoms with van der Waals surface area (Å²) in [6.45, 7) is 1.95. The normalized spacial score (nSPS) is 11.2. The molecular formula is C13H13N3O5. The first-order chi connectivity index (χ1) is 10.3. The van der Waals surface area contributed by atoms with Crippen molar-refractivity contribution in [1.29, 1.82) is 0 Å². The first-order valence-corrected chi connectivity index (χ1v) is 6.15. The van der Waals surface area contributed by atoms with E-state index < -0.39 is 11.7 Å². The number of rotatable bonds is 6. The van der Waals surface area contributed by atoms with Crippen molar-refractivity contribution in [2.24, 2.45) is 5.16 Å². The van der Waals surface area contributed by atoms with Crippen LogP contribution in [0.1, 0.15) is 18.2 Å². The van der Waals surface area contributed by atoms with Gasteiger partial charge in [-0.25, -0.2) is 9.42 Å². The molecule has 2 aromatic rings. The molecule has 1 N–H and O–H groups in total. The molecule has 0 aliphatic rings. The van der Waals surface area contributed by atoms with Crippen molar-refractivity contribution in [3.63, 3.8) is 0 Å². The monoisotopic (exact) mass is 291 g/mol. The molecule has 0 saturated carbocycles. The van der Waals surface area contributed by atoms with Crippen molar-refractivity contribution < 1.29 is 24.1 Å². The van der Waals surface area contributed by atoms with E-state index in [4.69, 9.17) is 14.7 Å². The highest BCUT2D eigenvalue weighted by atomic mass is 16.6. The lowest BCUT2D eigenvalue weighted by molar-refractivity contribution is -0.135. The van der Waals surface area contributed by atoms with Gasteiger partial charge in [0.2, 0.25) is 11.4 Å². The number of esters is 1. The summed E-state index contributed by atoms with van der Waals surface area (Å²) in [6, 6.07) is 9.32. The minimum absolute atomic E-state index is 0.0558. The Balaban J connectivity index is 2.12. The Kier molecular flexibility index (Phi) is 4.86. The Bertz CT molecular complexity index is 624. The summed E-state index contributed by atoms with van der Waals surface area (Å²) in [5.41, 5.74) is 0.345. The Morgan fingerprint density at radius 2 is 2.10 bits per heavy atom. The third kappa shape index (κ3) is 3.56. The molecule has 0 aliphatic heterocycles. The molecule has 110 valence electrons. The molecule has 2 rings (SSSR count). The van der Waals surface area contributed by atoms with Crippen LogP contribution in [-0.4, -0.2) is 33.8 Å². The molecule has 0 aliphatic carbocycles. The molecule has 0 bridgehead atoms. The van der Waals surface area contributed by atoms with Crippen LogP contribution in [0.4, 0.5) is 0 Å². The standard InChI is InChI=1S/C13H13N3O5/c1-2-19-13(17)11(14-18)10-12(16-21-15-10)20-8-9-6-4-3-5-7-9/h3-7,18H,2,8H2,1H3/b14-11-. The molecule has 8 nitrogen and oxygen atoms in total. The van der Waals surface area contributed by atoms with Crippen molar-refractivity contribution in [3.8, 4) is 5.88 Å². The van der Waals surface area contributed by atoms with Gasteiger partial charge in [0.05, 0.1) is 6.61 Å². The number of hydrogen-bond donors (Lipinski definition) is 1. The summed E-state index contributed by atoms with van der Waals surface area (Å²) in [5, 5.41) is 18.8. The molecule has 0 amide bonds. The summed E-state index contributed by atoms with van der Waals surface area (Å²) in [4.78, 5) is 11.6. The number of oxime groups is 1. The number of carbonyl (C=O) groups is 1. The molecule has 0 fully saturated rings. The number of nitrogens with zero attached hydrogens (tertiary/aromatic N) is 3. The zero-order chi connectivity index (χ0) is 15.1. The zero-order valence-electron chi connectivity index (χ0n) is 11.2. The van der Waals surface area contributed by atoms with E-state index in [9.17, 15) is 4.79 Å². The summed E-state index contributed by atoms with van der Waals surface area (Å²) >= 11 is 0. The van der Waals surface area contributed by atoms with Gasteiger partial charge in [0.25, 0.3) is 5.88 Å². The first kappa shape index (κ1) is 14.5. The summed E-state index contributed by atoms with van der Waals surface area (Å²) in [7, 11) is 0. The third-order valence-corrected chi connectivity index (χ3v) is 2.47. The molecule has 1 heterocycles. The molecule has 0 radical (unpaired) electrons. The van der Waals surface area contributed by atoms with Crippen LogP contribution in [0.3, 0.4) is 0 Å². The van der Waals surface area contributed by atoms with E-state index >= 15 is 0 Å². The number of aromatic nitrogens is 2. The van der Waals surface area contributed by atoms with E-state index in [1.807, 2.05) is 30.3 Å². The number of hydrogen-bond acceptors (Lipinski definition) is 8. The predicted molar refractivity (Wildman–Crippen MR) is 70.0 cm³/mol. The van der Waals surface area contributed by atoms with Crippen LogP contribution in [0, 0.1) is 0 Å². The summed E-state index contributed by atoms with van der Waals surface area (Å²) in [5.74, 6) is -0.903. The van der Waals surface area contributed by atoms with Gasteiger partial charge in [-0.05, 0) is 22.8 Å². The summed E-state index contributed by atoms with van der Waals surface area (Å²) < 4.78 is 14.7. The molecular weight excluding hydrogens is 278 g/mol. The van der Waals surface area contributed by atoms with E-state index in [2.05, 4.69) is 20.1 Å². The van der Waals surface area contributed by atoms with Crippen LogP contribution < -0.4 is 4.74 Å². The SMILES string of the molecule is CCOC(=O)/C(=N\O)c1nonc1OCc1ccccc1. The van der Waals surface area contributed by atoms with Crippen LogP contribution in [-0.2, 0) is 16.1 Å². The lowest BCUT2D eigenvalue weighted by atomic mass is 10.2. The number of benzene rings is 1. The largest absolute Gasteiger partial charge is 0.469 e. The van der Waals surface area contributed by atoms with Crippen LogP contribution in [0.15, 0.2) is 40.1 Å². The van der Waals surface area contributed by atoms with Crippen molar-refractivity contribution >= 4 is 11.7 Å². The van der Waals surface area contributed by atoms with Crippen molar-refractivity contribution in [1.82, 2.24) is 10.3 Å². The molecule has 1 aromatic carbocycles. The van der Waals surface area contributed by atoms with Gasteiger partial charge in [0.1, 0.15) is 6.61 Å². The fourth-order valence-corrected chi connectivity index (χ4v) is 1.53. The van der Waals surface area contributed by atoms with Crippen LogP contribution >= 0.6 is 0 Å². The lowest BCUT2D eigenvalue weighted by Gasteiger charge is -2.04. The minimum atomic E-state index is -0.847. The molecule has 1 aromatic heterocycles. The second-order valence-electron chi connectivity index (χ2n) is 3.86. The van der Waals surface area contributed by atoms with Crippen molar-refractivity contribution in [2.45, 2.75) is 13.5 Å². The van der Waals surface area contributed by atoms with Crippen LogP contribution in [0.2, 0.25) is 0 Å². The fourth-order valence-electron chi connectivity index (χ4n) is 1.53. The van der Waals surface area contributed by atoms with Crippen molar-refractivity contribution in [3.05, 3.63) is 41.6 Å². The topological polar surface area (TPSA) is 107 Å². The van der Waals surface area contributed by atoms with Gasteiger partial charge in [-0.15, -0.1) is 0 Å². The highest BCUT2D eigenvalue weighted by Crippen LogP contribution is 2.16. The second-order valence-corrected chi connectivity index (χ2v) is 3.86. The van der Waals surface area contributed by atoms with Crippen LogP contribution in [0.25, 0.3) is 0 Å². The lowest BCUT2D eigenvalue weighted by Crippen LogP contribution is -2.20. The Labute approximate surface area is 119 Å². The maximum Gasteiger partial charge on any atom is 0.363 e. The maximum atomic E-state index is 11.6. The van der Waals surface area contributed by atoms with Crippen LogP contribution in [0.5, 0.6) is 5.88 Å². The van der Waals surface area contributed by atoms with E-state index in [1.165, 1.54) is 0 Å². The quantitative estimate of drug-likeness (QED) is 0.371. The summed E-state index contributed by atoms with van der Waals surface area (Å²) in [6.07, 6.45) is 0. The van der Waals surface area contributed by atoms with E-state index in [1.54, 1.807) is 6.92 Å². The average Bonchev–Trinajstić information content (AvgIpc) is 2.96. The van der Waals surface area contributed by atoms with Gasteiger partial charge in [0, 0.05) is 0 Å². The third-order valence-electron chi connectivity index (χ3n) is 2.47. The van der Waals surface area contributed by atoms with Gasteiger partial charge in [0.15, 0.2) is 0 Å². The van der Waals surface area contributed by atoms with E-state index in [0.29, 0.717) is 0 Å². The Hall–Kier alpha value is -2.90. The van der Waals surface area contributed by atoms with Gasteiger partial charge in [-0.2, -0.15) is 0 Å². The highest BCUT2D eigenvalue weighted by molar-refractivity contribution is 6.43. The molecule has 0 atom stereocenters. The minimum Gasteiger partial charge on any atom is -0.469 e. The first-order valence-electron chi connectivity index (χ1n) is 6.15. The maximum absolute atomic E-state index is 11.6. The molecule has 21 heavy (non-hydrogen) atoms. The van der Waals surface area contributed by atoms with Gasteiger partial charge >= 0.3 is 5.97 Å². The number of ether oxygens (including phenoxy) is 2. The number of carbonyl (C=O) groups excluding carboxylic acids is 1. The molecule has 0 unspecified atom stereocenters. The van der Waals surface area contributed by atoms with E-state index in [0.717, 1.165) is 5.56 Å². The Morgan fingerprint density at radius 3 is 2.76 bits per heavy atom. The molecule has 0 spiro atoms. The average molecular weight is 291 g/mol. The highest BCUT2D eigenvalue weighted by Gasteiger charge is 2.26. The predicted octanol–water partition coefficient (Wildman–Crippen LogP) is 1.39. The molecule has 8 heteroatoms. The van der Waals surface area contributed by atoms with E-state index in [-0.39, 0.29) is 24.8 Å². The Morgan fingerprint density at radius 1 is 1.33 bits per heavy atom. The smallest absolute Gasteiger partial charge is 0.363 e. The zero-order valence-corrected chi connectivity index (χ0v) is 11.2. The molecule has 0 saturated heterocycles. The van der Waals surface area contributed by atoms with Gasteiger partial charge in [-0.3, -0.25) is 0 Å². The fraction of sp³-hybridized carbons (Fsp3) is 0.231. The van der Waals surface area contributed by atoms with Crippen molar-refractivity contribution in [2.75, 3.05) is 6.61 Å².